The molecule has 0 saturated carbocycles. The zero-order chi connectivity index (χ0) is 32.1. The Kier molecular flexibility index (Phi) is 9.48. The van der Waals surface area contributed by atoms with Crippen molar-refractivity contribution in [2.75, 3.05) is 7.11 Å². The van der Waals surface area contributed by atoms with Gasteiger partial charge >= 0.3 is 12.1 Å². The predicted molar refractivity (Wildman–Crippen MR) is 168 cm³/mol. The number of ether oxygens (including phenoxy) is 3. The van der Waals surface area contributed by atoms with Gasteiger partial charge in [-0.1, -0.05) is 91.0 Å². The van der Waals surface area contributed by atoms with E-state index < -0.39 is 59.1 Å². The van der Waals surface area contributed by atoms with Gasteiger partial charge in [-0.3, -0.25) is 9.59 Å². The number of fused-ring (bicyclic) bond motifs is 1. The topological polar surface area (TPSA) is 123 Å². The molecule has 2 N–H and O–H groups in total. The molecular weight excluding hydrogens is 594 g/mol. The highest BCUT2D eigenvalue weighted by Gasteiger charge is 2.57. The highest BCUT2D eigenvalue weighted by Crippen LogP contribution is 2.41. The van der Waals surface area contributed by atoms with E-state index in [1.165, 1.54) is 23.8 Å². The van der Waals surface area contributed by atoms with Crippen LogP contribution in [0.15, 0.2) is 102 Å². The van der Waals surface area contributed by atoms with Gasteiger partial charge < -0.3 is 29.7 Å². The number of nitrogens with zero attached hydrogens (tertiary/aromatic N) is 1. The smallest absolute Gasteiger partial charge is 0.408 e. The van der Waals surface area contributed by atoms with Crippen LogP contribution >= 0.6 is 11.8 Å². The number of alkyl carbamates (subject to hydrolysis) is 1. The Morgan fingerprint density at radius 3 is 1.89 bits per heavy atom. The Balaban J connectivity index is 1.35. The summed E-state index contributed by atoms with van der Waals surface area (Å²) in [7, 11) is 1.43. The molecule has 0 spiro atoms. The molecule has 10 nitrogen and oxygen atoms in total. The van der Waals surface area contributed by atoms with Crippen LogP contribution in [0, 0.1) is 0 Å². The molecule has 3 aromatic carbocycles. The highest BCUT2D eigenvalue weighted by atomic mass is 32.2. The number of hydrogen-bond donors (Lipinski definition) is 2. The van der Waals surface area contributed by atoms with Crippen LogP contribution in [0.5, 0.6) is 0 Å². The number of rotatable bonds is 9. The fourth-order valence-corrected chi connectivity index (χ4v) is 6.34. The van der Waals surface area contributed by atoms with Crippen molar-refractivity contribution in [1.29, 1.82) is 0 Å². The lowest BCUT2D eigenvalue weighted by atomic mass is 9.99. The molecule has 1 saturated heterocycles. The second-order valence-electron chi connectivity index (χ2n) is 11.5. The molecule has 45 heavy (non-hydrogen) atoms. The molecule has 0 bridgehead atoms. The molecule has 11 heteroatoms. The number of β-lactam (4-membered cyclic amide) rings is 1. The molecular formula is C34H35N3O7S. The highest BCUT2D eigenvalue weighted by molar-refractivity contribution is 8.02. The summed E-state index contributed by atoms with van der Waals surface area (Å²) in [5.41, 5.74) is 1.27. The van der Waals surface area contributed by atoms with Gasteiger partial charge in [-0.25, -0.2) is 9.59 Å². The first kappa shape index (κ1) is 31.6. The van der Waals surface area contributed by atoms with Crippen LogP contribution in [-0.4, -0.2) is 58.9 Å². The summed E-state index contributed by atoms with van der Waals surface area (Å²) in [5, 5.41) is 6.44. The largest absolute Gasteiger partial charge is 0.498 e. The van der Waals surface area contributed by atoms with Crippen molar-refractivity contribution < 1.29 is 33.4 Å². The Labute approximate surface area is 266 Å². The summed E-state index contributed by atoms with van der Waals surface area (Å²) in [4.78, 5) is 55.0. The molecule has 1 fully saturated rings. The molecule has 2 heterocycles. The van der Waals surface area contributed by atoms with E-state index in [2.05, 4.69) is 10.6 Å². The number of amides is 3. The number of methoxy groups -OCH3 is 1. The first-order valence-corrected chi connectivity index (χ1v) is 15.4. The molecule has 0 aliphatic carbocycles. The monoisotopic (exact) mass is 629 g/mol. The zero-order valence-electron chi connectivity index (χ0n) is 25.3. The van der Waals surface area contributed by atoms with Gasteiger partial charge in [0, 0.05) is 5.41 Å². The van der Waals surface area contributed by atoms with Crippen LogP contribution in [0.25, 0.3) is 0 Å². The van der Waals surface area contributed by atoms with Gasteiger partial charge in [0.05, 0.1) is 7.11 Å². The minimum absolute atomic E-state index is 0.257. The van der Waals surface area contributed by atoms with Crippen LogP contribution in [-0.2, 0) is 28.6 Å². The van der Waals surface area contributed by atoms with E-state index in [1.54, 1.807) is 56.5 Å². The molecule has 2 aliphatic heterocycles. The maximum atomic E-state index is 13.8. The molecule has 0 radical (unpaired) electrons. The van der Waals surface area contributed by atoms with Crippen LogP contribution in [0.2, 0.25) is 0 Å². The maximum Gasteiger partial charge on any atom is 0.408 e. The maximum absolute atomic E-state index is 13.8. The van der Waals surface area contributed by atoms with E-state index in [0.717, 1.165) is 11.1 Å². The van der Waals surface area contributed by atoms with Crippen LogP contribution < -0.4 is 10.6 Å². The third-order valence-electron chi connectivity index (χ3n) is 7.20. The van der Waals surface area contributed by atoms with Gasteiger partial charge in [0.15, 0.2) is 12.1 Å². The fraction of sp³-hybridized carbons (Fsp3) is 0.294. The molecule has 0 unspecified atom stereocenters. The van der Waals surface area contributed by atoms with Gasteiger partial charge in [0.2, 0.25) is 11.8 Å². The lowest BCUT2D eigenvalue weighted by Gasteiger charge is -2.51. The number of esters is 1. The number of hydrogen-bond acceptors (Lipinski definition) is 8. The first-order chi connectivity index (χ1) is 21.6. The number of thioether (sulfide) groups is 1. The molecule has 3 amide bonds. The van der Waals surface area contributed by atoms with Gasteiger partial charge in [-0.2, -0.15) is 0 Å². The second-order valence-corrected chi connectivity index (χ2v) is 12.5. The van der Waals surface area contributed by atoms with E-state index in [-0.39, 0.29) is 5.76 Å². The van der Waals surface area contributed by atoms with E-state index in [9.17, 15) is 19.2 Å². The van der Waals surface area contributed by atoms with Crippen molar-refractivity contribution in [2.45, 2.75) is 56.0 Å². The normalized spacial score (nSPS) is 19.8. The van der Waals surface area contributed by atoms with E-state index in [1.807, 2.05) is 60.7 Å². The van der Waals surface area contributed by atoms with Gasteiger partial charge in [0.25, 0.3) is 0 Å². The summed E-state index contributed by atoms with van der Waals surface area (Å²) in [5.74, 6) is -1.49. The quantitative estimate of drug-likeness (QED) is 0.255. The van der Waals surface area contributed by atoms with Crippen LogP contribution in [0.1, 0.15) is 49.6 Å². The van der Waals surface area contributed by atoms with Crippen molar-refractivity contribution in [3.8, 4) is 0 Å². The average Bonchev–Trinajstić information content (AvgIpc) is 3.04. The third kappa shape index (κ3) is 7.15. The second kappa shape index (κ2) is 13.5. The predicted octanol–water partition coefficient (Wildman–Crippen LogP) is 4.84. The van der Waals surface area contributed by atoms with Gasteiger partial charge in [-0.05, 0) is 37.5 Å². The average molecular weight is 630 g/mol. The van der Waals surface area contributed by atoms with E-state index in [4.69, 9.17) is 14.2 Å². The van der Waals surface area contributed by atoms with E-state index in [0.29, 0.717) is 5.56 Å². The lowest BCUT2D eigenvalue weighted by molar-refractivity contribution is -0.167. The summed E-state index contributed by atoms with van der Waals surface area (Å²) in [6.45, 7) is 5.16. The van der Waals surface area contributed by atoms with Crippen molar-refractivity contribution in [3.05, 3.63) is 119 Å². The Hall–Kier alpha value is -4.77. The molecule has 5 rings (SSSR count). The number of benzene rings is 3. The van der Waals surface area contributed by atoms with Crippen molar-refractivity contribution in [1.82, 2.24) is 15.5 Å². The van der Waals surface area contributed by atoms with Gasteiger partial charge in [0.1, 0.15) is 28.8 Å². The molecule has 234 valence electrons. The summed E-state index contributed by atoms with van der Waals surface area (Å²) >= 11 is 1.25. The minimum Gasteiger partial charge on any atom is -0.498 e. The SMILES string of the molecule is COC1=CS[C@@H]2[C@H](NC(=O)[C@H](NC(=O)OC(C)(C)C)c3ccccc3)C(=O)N2[C@H]1C(=O)OC(c1ccccc1)c1ccccc1. The molecule has 4 atom stereocenters. The summed E-state index contributed by atoms with van der Waals surface area (Å²) in [6.07, 6.45) is -1.49. The van der Waals surface area contributed by atoms with Crippen LogP contribution in [0.3, 0.4) is 0 Å². The molecule has 3 aromatic rings. The lowest BCUT2D eigenvalue weighted by Crippen LogP contribution is -2.74. The molecule has 0 aromatic heterocycles. The number of carbonyl (C=O) groups is 4. The fourth-order valence-electron chi connectivity index (χ4n) is 5.14. The Morgan fingerprint density at radius 1 is 0.844 bits per heavy atom. The standard InChI is InChI=1S/C34H35N3O7S/c1-34(2,3)44-33(41)36-25(21-14-8-5-9-15-21)29(38)35-26-30(39)37-27(24(42-4)20-45-31(26)37)32(40)43-28(22-16-10-6-11-17-22)23-18-12-7-13-19-23/h5-20,25-28,31H,1-4H3,(H,35,38)(H,36,41)/t25-,26-,27-,31-/m1/s1. The Morgan fingerprint density at radius 2 is 1.38 bits per heavy atom. The van der Waals surface area contributed by atoms with Crippen molar-refractivity contribution in [3.63, 3.8) is 0 Å². The summed E-state index contributed by atoms with van der Waals surface area (Å²) < 4.78 is 17.0. The van der Waals surface area contributed by atoms with Crippen LogP contribution in [0.4, 0.5) is 4.79 Å². The van der Waals surface area contributed by atoms with Crippen molar-refractivity contribution >= 4 is 35.6 Å². The number of carbonyl (C=O) groups excluding carboxylic acids is 4. The number of nitrogens with one attached hydrogen (secondary N) is 2. The van der Waals surface area contributed by atoms with Crippen molar-refractivity contribution in [2.24, 2.45) is 0 Å². The van der Waals surface area contributed by atoms with E-state index >= 15 is 0 Å². The first-order valence-electron chi connectivity index (χ1n) is 14.4. The van der Waals surface area contributed by atoms with Gasteiger partial charge in [-0.15, -0.1) is 11.8 Å². The third-order valence-corrected chi connectivity index (χ3v) is 8.35. The zero-order valence-corrected chi connectivity index (χ0v) is 26.2. The molecule has 2 aliphatic rings. The minimum atomic E-state index is -1.15. The Bertz CT molecular complexity index is 1520. The summed E-state index contributed by atoms with van der Waals surface area (Å²) in [6, 6.07) is 24.1.